The van der Waals surface area contributed by atoms with Crippen molar-refractivity contribution in [2.45, 2.75) is 6.92 Å². The number of ether oxygens (including phenoxy) is 1. The summed E-state index contributed by atoms with van der Waals surface area (Å²) in [6.45, 7) is 1.34. The van der Waals surface area contributed by atoms with E-state index in [0.29, 0.717) is 21.1 Å². The highest BCUT2D eigenvalue weighted by molar-refractivity contribution is 7.15. The third-order valence-corrected chi connectivity index (χ3v) is 4.50. The van der Waals surface area contributed by atoms with Gasteiger partial charge in [-0.25, -0.2) is 0 Å². The average molecular weight is 364 g/mol. The predicted octanol–water partition coefficient (Wildman–Crippen LogP) is 1.69. The van der Waals surface area contributed by atoms with Crippen molar-refractivity contribution in [1.82, 2.24) is 19.6 Å². The van der Waals surface area contributed by atoms with Crippen LogP contribution in [-0.2, 0) is 4.79 Å². The van der Waals surface area contributed by atoms with Crippen LogP contribution < -0.4 is 14.8 Å². The first-order chi connectivity index (χ1) is 12.6. The lowest BCUT2D eigenvalue weighted by molar-refractivity contribution is -0.131. The van der Waals surface area contributed by atoms with Crippen molar-refractivity contribution in [3.63, 3.8) is 0 Å². The first-order valence-corrected chi connectivity index (χ1v) is 8.52. The number of carbonyl (C=O) groups excluding carboxylic acids is 1. The van der Waals surface area contributed by atoms with Gasteiger partial charge in [-0.15, -0.1) is 5.10 Å². The molecule has 26 heavy (non-hydrogen) atoms. The van der Waals surface area contributed by atoms with E-state index in [4.69, 9.17) is 4.74 Å². The molecule has 7 nitrogen and oxygen atoms in total. The zero-order valence-corrected chi connectivity index (χ0v) is 14.4. The van der Waals surface area contributed by atoms with Crippen molar-refractivity contribution in [3.8, 4) is 17.1 Å². The summed E-state index contributed by atoms with van der Waals surface area (Å²) in [5.74, 6) is 0.520. The Morgan fingerprint density at radius 3 is 2.77 bits per heavy atom. The number of carbonyl (C=O) groups is 1. The zero-order chi connectivity index (χ0) is 18.1. The summed E-state index contributed by atoms with van der Waals surface area (Å²) in [4.78, 5) is 32.5. The molecule has 0 aliphatic heterocycles. The van der Waals surface area contributed by atoms with Gasteiger partial charge >= 0.3 is 5.97 Å². The minimum Gasteiger partial charge on any atom is -0.427 e. The Kier molecular flexibility index (Phi) is 4.02. The van der Waals surface area contributed by atoms with E-state index in [0.717, 1.165) is 11.1 Å². The lowest BCUT2D eigenvalue weighted by atomic mass is 10.2. The summed E-state index contributed by atoms with van der Waals surface area (Å²) in [5.41, 5.74) is 1.31. The highest BCUT2D eigenvalue weighted by atomic mass is 32.1. The molecule has 0 fully saturated rings. The van der Waals surface area contributed by atoms with Crippen LogP contribution in [-0.4, -0.2) is 25.6 Å². The Hall–Kier alpha value is -3.39. The van der Waals surface area contributed by atoms with Crippen LogP contribution in [0.25, 0.3) is 22.4 Å². The predicted molar refractivity (Wildman–Crippen MR) is 96.9 cm³/mol. The molecule has 0 amide bonds. The highest BCUT2D eigenvalue weighted by Gasteiger charge is 2.11. The van der Waals surface area contributed by atoms with Crippen LogP contribution in [0.1, 0.15) is 12.5 Å². The molecular formula is C18H12N4O3S. The van der Waals surface area contributed by atoms with Gasteiger partial charge in [0.15, 0.2) is 5.82 Å². The summed E-state index contributed by atoms with van der Waals surface area (Å²) < 4.78 is 6.86. The maximum atomic E-state index is 12.6. The molecular weight excluding hydrogens is 352 g/mol. The van der Waals surface area contributed by atoms with Crippen molar-refractivity contribution in [1.29, 1.82) is 0 Å². The van der Waals surface area contributed by atoms with Crippen LogP contribution in [0.2, 0.25) is 0 Å². The normalized spacial score (nSPS) is 11.8. The largest absolute Gasteiger partial charge is 0.427 e. The topological polar surface area (TPSA) is 86.4 Å². The maximum Gasteiger partial charge on any atom is 0.308 e. The molecule has 128 valence electrons. The molecule has 0 N–H and O–H groups in total. The molecule has 3 heterocycles. The Morgan fingerprint density at radius 2 is 2.04 bits per heavy atom. The lowest BCUT2D eigenvalue weighted by Gasteiger charge is -2.01. The van der Waals surface area contributed by atoms with Gasteiger partial charge in [0, 0.05) is 24.9 Å². The molecule has 1 aromatic carbocycles. The summed E-state index contributed by atoms with van der Waals surface area (Å²) in [7, 11) is 0. The number of benzene rings is 1. The fourth-order valence-electron chi connectivity index (χ4n) is 2.44. The monoisotopic (exact) mass is 364 g/mol. The molecule has 0 saturated carbocycles. The third-order valence-electron chi connectivity index (χ3n) is 3.54. The summed E-state index contributed by atoms with van der Waals surface area (Å²) in [6.07, 6.45) is 5.03. The van der Waals surface area contributed by atoms with Gasteiger partial charge in [0.1, 0.15) is 5.75 Å². The van der Waals surface area contributed by atoms with E-state index < -0.39 is 5.97 Å². The number of rotatable bonds is 3. The minimum atomic E-state index is -0.394. The van der Waals surface area contributed by atoms with E-state index in [9.17, 15) is 9.59 Å². The quantitative estimate of drug-likeness (QED) is 0.406. The number of hydrogen-bond acceptors (Lipinski definition) is 7. The third kappa shape index (κ3) is 3.09. The molecule has 0 unspecified atom stereocenters. The van der Waals surface area contributed by atoms with Crippen LogP contribution in [0, 0.1) is 0 Å². The second kappa shape index (κ2) is 6.49. The number of esters is 1. The number of nitrogens with zero attached hydrogens (tertiary/aromatic N) is 4. The van der Waals surface area contributed by atoms with Crippen molar-refractivity contribution in [3.05, 3.63) is 69.2 Å². The first-order valence-electron chi connectivity index (χ1n) is 7.70. The van der Waals surface area contributed by atoms with Crippen molar-refractivity contribution in [2.24, 2.45) is 0 Å². The van der Waals surface area contributed by atoms with Gasteiger partial charge in [0.2, 0.25) is 4.96 Å². The van der Waals surface area contributed by atoms with Crippen LogP contribution >= 0.6 is 11.3 Å². The standard InChI is InChI=1S/C18H12N4O3S/c1-11(23)25-14-4-2-3-12(9-14)10-15-17(24)22-18(26-15)20-16(21-22)13-5-7-19-8-6-13/h2-10H,1H3. The molecule has 0 aliphatic rings. The number of hydrogen-bond donors (Lipinski definition) is 0. The molecule has 4 rings (SSSR count). The van der Waals surface area contributed by atoms with Crippen LogP contribution in [0.3, 0.4) is 0 Å². The average Bonchev–Trinajstić information content (AvgIpc) is 3.16. The summed E-state index contributed by atoms with van der Waals surface area (Å²) in [5, 5.41) is 4.29. The second-order valence-corrected chi connectivity index (χ2v) is 6.46. The fourth-order valence-corrected chi connectivity index (χ4v) is 3.35. The van der Waals surface area contributed by atoms with Gasteiger partial charge in [-0.3, -0.25) is 14.6 Å². The van der Waals surface area contributed by atoms with Gasteiger partial charge in [0.05, 0.1) is 4.53 Å². The molecule has 8 heteroatoms. The Labute approximate surface area is 151 Å². The Morgan fingerprint density at radius 1 is 1.23 bits per heavy atom. The smallest absolute Gasteiger partial charge is 0.308 e. The SMILES string of the molecule is CC(=O)Oc1cccc(C=c2sc3nc(-c4ccncc4)nn3c2=O)c1. The number of thiazole rings is 1. The minimum absolute atomic E-state index is 0.240. The van der Waals surface area contributed by atoms with E-state index >= 15 is 0 Å². The van der Waals surface area contributed by atoms with Gasteiger partial charge < -0.3 is 4.74 Å². The van der Waals surface area contributed by atoms with Crippen LogP contribution in [0.4, 0.5) is 0 Å². The number of aromatic nitrogens is 4. The van der Waals surface area contributed by atoms with Crippen molar-refractivity contribution >= 4 is 28.3 Å². The van der Waals surface area contributed by atoms with Gasteiger partial charge in [-0.1, -0.05) is 23.5 Å². The number of fused-ring (bicyclic) bond motifs is 1. The molecule has 0 atom stereocenters. The highest BCUT2D eigenvalue weighted by Crippen LogP contribution is 2.16. The van der Waals surface area contributed by atoms with E-state index in [1.165, 1.54) is 22.8 Å². The van der Waals surface area contributed by atoms with Crippen LogP contribution in [0.5, 0.6) is 5.75 Å². The molecule has 3 aromatic heterocycles. The van der Waals surface area contributed by atoms with E-state index in [2.05, 4.69) is 15.1 Å². The molecule has 0 spiro atoms. The van der Waals surface area contributed by atoms with Crippen LogP contribution in [0.15, 0.2) is 53.6 Å². The summed E-state index contributed by atoms with van der Waals surface area (Å²) in [6, 6.07) is 10.5. The van der Waals surface area contributed by atoms with E-state index in [-0.39, 0.29) is 5.56 Å². The molecule has 0 bridgehead atoms. The van der Waals surface area contributed by atoms with E-state index in [1.54, 1.807) is 48.8 Å². The Balaban J connectivity index is 1.75. The molecule has 0 radical (unpaired) electrons. The van der Waals surface area contributed by atoms with Crippen molar-refractivity contribution < 1.29 is 9.53 Å². The Bertz CT molecular complexity index is 1210. The number of pyridine rings is 1. The maximum absolute atomic E-state index is 12.6. The zero-order valence-electron chi connectivity index (χ0n) is 13.6. The molecule has 4 aromatic rings. The lowest BCUT2D eigenvalue weighted by Crippen LogP contribution is -2.23. The fraction of sp³-hybridized carbons (Fsp3) is 0.0556. The van der Waals surface area contributed by atoms with E-state index in [1.807, 2.05) is 6.07 Å². The first kappa shape index (κ1) is 16.1. The molecule has 0 saturated heterocycles. The second-order valence-electron chi connectivity index (χ2n) is 5.45. The van der Waals surface area contributed by atoms with Crippen molar-refractivity contribution in [2.75, 3.05) is 0 Å². The summed E-state index contributed by atoms with van der Waals surface area (Å²) >= 11 is 1.25. The van der Waals surface area contributed by atoms with Gasteiger partial charge in [-0.05, 0) is 35.9 Å². The van der Waals surface area contributed by atoms with Gasteiger partial charge in [0.25, 0.3) is 5.56 Å². The van der Waals surface area contributed by atoms with Gasteiger partial charge in [-0.2, -0.15) is 9.50 Å². The molecule has 0 aliphatic carbocycles.